The van der Waals surface area contributed by atoms with Gasteiger partial charge < -0.3 is 9.13 Å². The van der Waals surface area contributed by atoms with E-state index in [9.17, 15) is 0 Å². The van der Waals surface area contributed by atoms with Crippen molar-refractivity contribution >= 4 is 49.2 Å². The van der Waals surface area contributed by atoms with Gasteiger partial charge in [-0.1, -0.05) is 140 Å². The van der Waals surface area contributed by atoms with Crippen LogP contribution >= 0.6 is 0 Å². The van der Waals surface area contributed by atoms with Crippen LogP contribution in [-0.2, 0) is 0 Å². The van der Waals surface area contributed by atoms with Gasteiger partial charge in [0.05, 0.1) is 22.8 Å². The van der Waals surface area contributed by atoms with Crippen molar-refractivity contribution in [2.24, 2.45) is 0 Å². The Hall–Kier alpha value is -7.30. The molecule has 0 bridgehead atoms. The molecular formula is C52H36N4. The van der Waals surface area contributed by atoms with Gasteiger partial charge in [-0.2, -0.15) is 0 Å². The lowest BCUT2D eigenvalue weighted by Crippen LogP contribution is -2.09. The minimum absolute atomic E-state index is 0.112. The SMILES string of the molecule is C1=CC(c2nccc(-c3ccc(-c4ccccc4)cc3)n2)=CC(n2c3ccccc3c3cc(-c4ccc5c(c4)c4ccccc4n5-c4ccccc4)ccc32)C1. The summed E-state index contributed by atoms with van der Waals surface area (Å²) in [4.78, 5) is 9.83. The molecule has 10 aromatic rings. The Kier molecular flexibility index (Phi) is 7.59. The summed E-state index contributed by atoms with van der Waals surface area (Å²) in [5.74, 6) is 0.739. The Morgan fingerprint density at radius 1 is 0.464 bits per heavy atom. The molecule has 0 amide bonds. The fourth-order valence-electron chi connectivity index (χ4n) is 8.66. The fourth-order valence-corrected chi connectivity index (χ4v) is 8.66. The van der Waals surface area contributed by atoms with Crippen molar-refractivity contribution < 1.29 is 0 Å². The first kappa shape index (κ1) is 32.2. The molecular weight excluding hydrogens is 681 g/mol. The molecule has 4 nitrogen and oxygen atoms in total. The first-order chi connectivity index (χ1) is 27.8. The lowest BCUT2D eigenvalue weighted by Gasteiger charge is -2.21. The van der Waals surface area contributed by atoms with E-state index >= 15 is 0 Å². The topological polar surface area (TPSA) is 35.6 Å². The van der Waals surface area contributed by atoms with Crippen molar-refractivity contribution in [2.75, 3.05) is 0 Å². The van der Waals surface area contributed by atoms with Gasteiger partial charge >= 0.3 is 0 Å². The standard InChI is InChI=1S/C52H36N4/c1-3-12-35(13-4-1)36-22-24-37(25-23-36)47-30-31-53-52(54-47)40-14-11-17-42(32-40)56-49-21-10-8-19-44(49)46-34-39(27-29-51(46)56)38-26-28-50-45(33-38)43-18-7-9-20-48(43)55(50)41-15-5-2-6-16-41/h1-16,18-34,42H,17H2. The van der Waals surface area contributed by atoms with E-state index in [4.69, 9.17) is 9.97 Å². The van der Waals surface area contributed by atoms with Gasteiger partial charge in [0.15, 0.2) is 5.82 Å². The smallest absolute Gasteiger partial charge is 0.159 e. The zero-order chi connectivity index (χ0) is 37.0. The van der Waals surface area contributed by atoms with Crippen molar-refractivity contribution in [3.63, 3.8) is 0 Å². The van der Waals surface area contributed by atoms with E-state index in [2.05, 4.69) is 191 Å². The molecule has 0 spiro atoms. The third-order valence-electron chi connectivity index (χ3n) is 11.3. The summed E-state index contributed by atoms with van der Waals surface area (Å²) in [7, 11) is 0. The second kappa shape index (κ2) is 13.2. The largest absolute Gasteiger partial charge is 0.333 e. The maximum atomic E-state index is 5.07. The molecule has 0 saturated carbocycles. The Bertz CT molecular complexity index is 3150. The molecule has 0 fully saturated rings. The molecule has 1 aliphatic carbocycles. The van der Waals surface area contributed by atoms with Crippen LogP contribution in [-0.4, -0.2) is 19.1 Å². The molecule has 56 heavy (non-hydrogen) atoms. The summed E-state index contributed by atoms with van der Waals surface area (Å²) in [5, 5.41) is 5.03. The van der Waals surface area contributed by atoms with E-state index in [1.54, 1.807) is 0 Å². The van der Waals surface area contributed by atoms with Crippen LogP contribution in [0.25, 0.3) is 88.4 Å². The molecule has 3 heterocycles. The van der Waals surface area contributed by atoms with E-state index in [1.165, 1.54) is 71.6 Å². The second-order valence-corrected chi connectivity index (χ2v) is 14.6. The lowest BCUT2D eigenvalue weighted by molar-refractivity contribution is 0.649. The number of rotatable bonds is 6. The molecule has 1 aliphatic rings. The highest BCUT2D eigenvalue weighted by atomic mass is 15.0. The van der Waals surface area contributed by atoms with Gasteiger partial charge in [0.1, 0.15) is 0 Å². The Labute approximate surface area is 325 Å². The summed E-state index contributed by atoms with van der Waals surface area (Å²) >= 11 is 0. The summed E-state index contributed by atoms with van der Waals surface area (Å²) in [6.07, 6.45) is 9.54. The molecule has 1 unspecified atom stereocenters. The van der Waals surface area contributed by atoms with Crippen molar-refractivity contribution in [1.82, 2.24) is 19.1 Å². The van der Waals surface area contributed by atoms with Crippen LogP contribution in [0.4, 0.5) is 0 Å². The molecule has 11 rings (SSSR count). The summed E-state index contributed by atoms with van der Waals surface area (Å²) in [6.45, 7) is 0. The number of allylic oxidation sites excluding steroid dienone is 4. The average Bonchev–Trinajstić information content (AvgIpc) is 3.79. The number of nitrogens with zero attached hydrogens (tertiary/aromatic N) is 4. The first-order valence-electron chi connectivity index (χ1n) is 19.3. The average molecular weight is 717 g/mol. The van der Waals surface area contributed by atoms with E-state index in [0.29, 0.717) is 0 Å². The van der Waals surface area contributed by atoms with Gasteiger partial charge in [-0.3, -0.25) is 0 Å². The molecule has 7 aromatic carbocycles. The third-order valence-corrected chi connectivity index (χ3v) is 11.3. The monoisotopic (exact) mass is 716 g/mol. The van der Waals surface area contributed by atoms with Crippen LogP contribution < -0.4 is 0 Å². The first-order valence-corrected chi connectivity index (χ1v) is 19.3. The van der Waals surface area contributed by atoms with Crippen LogP contribution in [0.3, 0.4) is 0 Å². The Balaban J connectivity index is 0.966. The number of fused-ring (bicyclic) bond motifs is 6. The van der Waals surface area contributed by atoms with E-state index in [-0.39, 0.29) is 6.04 Å². The molecule has 1 atom stereocenters. The van der Waals surface area contributed by atoms with Gasteiger partial charge in [0, 0.05) is 55.6 Å². The summed E-state index contributed by atoms with van der Waals surface area (Å²) in [5.41, 5.74) is 13.9. The Morgan fingerprint density at radius 3 is 1.79 bits per heavy atom. The highest BCUT2D eigenvalue weighted by Crippen LogP contribution is 2.40. The van der Waals surface area contributed by atoms with E-state index in [0.717, 1.165) is 29.1 Å². The minimum atomic E-state index is 0.112. The van der Waals surface area contributed by atoms with Gasteiger partial charge in [-0.25, -0.2) is 9.97 Å². The lowest BCUT2D eigenvalue weighted by atomic mass is 10.00. The van der Waals surface area contributed by atoms with Gasteiger partial charge in [-0.05, 0) is 83.3 Å². The van der Waals surface area contributed by atoms with Crippen LogP contribution in [0.1, 0.15) is 18.3 Å². The van der Waals surface area contributed by atoms with Crippen molar-refractivity contribution in [2.45, 2.75) is 12.5 Å². The maximum absolute atomic E-state index is 5.07. The summed E-state index contributed by atoms with van der Waals surface area (Å²) in [6, 6.07) is 63.3. The number of hydrogen-bond donors (Lipinski definition) is 0. The molecule has 0 aliphatic heterocycles. The molecule has 4 heteroatoms. The predicted molar refractivity (Wildman–Crippen MR) is 233 cm³/mol. The quantitative estimate of drug-likeness (QED) is 0.172. The molecule has 0 saturated heterocycles. The minimum Gasteiger partial charge on any atom is -0.333 e. The zero-order valence-electron chi connectivity index (χ0n) is 30.6. The second-order valence-electron chi connectivity index (χ2n) is 14.6. The van der Waals surface area contributed by atoms with Crippen LogP contribution in [0, 0.1) is 0 Å². The van der Waals surface area contributed by atoms with Crippen LogP contribution in [0.5, 0.6) is 0 Å². The molecule has 3 aromatic heterocycles. The highest BCUT2D eigenvalue weighted by molar-refractivity contribution is 6.12. The summed E-state index contributed by atoms with van der Waals surface area (Å²) < 4.78 is 4.87. The van der Waals surface area contributed by atoms with Gasteiger partial charge in [0.2, 0.25) is 0 Å². The van der Waals surface area contributed by atoms with Gasteiger partial charge in [-0.15, -0.1) is 0 Å². The molecule has 264 valence electrons. The van der Waals surface area contributed by atoms with Crippen LogP contribution in [0.2, 0.25) is 0 Å². The number of benzene rings is 7. The van der Waals surface area contributed by atoms with Crippen molar-refractivity contribution in [3.05, 3.63) is 206 Å². The highest BCUT2D eigenvalue weighted by Gasteiger charge is 2.21. The normalized spacial score (nSPS) is 14.2. The molecule has 0 radical (unpaired) electrons. The fraction of sp³-hybridized carbons (Fsp3) is 0.0385. The predicted octanol–water partition coefficient (Wildman–Crippen LogP) is 13.3. The zero-order valence-corrected chi connectivity index (χ0v) is 30.6. The number of aromatic nitrogens is 4. The van der Waals surface area contributed by atoms with E-state index < -0.39 is 0 Å². The maximum Gasteiger partial charge on any atom is 0.159 e. The van der Waals surface area contributed by atoms with E-state index in [1.807, 2.05) is 18.3 Å². The number of hydrogen-bond acceptors (Lipinski definition) is 2. The van der Waals surface area contributed by atoms with Crippen molar-refractivity contribution in [3.8, 4) is 39.2 Å². The van der Waals surface area contributed by atoms with Gasteiger partial charge in [0.25, 0.3) is 0 Å². The molecule has 0 N–H and O–H groups in total. The Morgan fingerprint density at radius 2 is 1.02 bits per heavy atom. The number of para-hydroxylation sites is 3. The van der Waals surface area contributed by atoms with Crippen molar-refractivity contribution in [1.29, 1.82) is 0 Å². The third kappa shape index (κ3) is 5.38. The van der Waals surface area contributed by atoms with Crippen LogP contribution in [0.15, 0.2) is 200 Å².